The van der Waals surface area contributed by atoms with E-state index in [4.69, 9.17) is 26.4 Å². The third kappa shape index (κ3) is 7.00. The number of thiocarbonyl (C=S) groups is 1. The fraction of sp³-hybridized carbons (Fsp3) is 0.161. The molecular formula is C31H24F2N4O4S2. The van der Waals surface area contributed by atoms with Crippen molar-refractivity contribution in [3.8, 4) is 22.1 Å². The molecule has 0 spiro atoms. The van der Waals surface area contributed by atoms with Crippen LogP contribution in [0.5, 0.6) is 11.5 Å². The van der Waals surface area contributed by atoms with Crippen LogP contribution in [0.4, 0.5) is 14.5 Å². The Balaban J connectivity index is 1.11. The van der Waals surface area contributed by atoms with Crippen molar-refractivity contribution in [2.24, 2.45) is 0 Å². The molecule has 1 fully saturated rings. The van der Waals surface area contributed by atoms with Crippen LogP contribution in [-0.4, -0.2) is 34.2 Å². The number of thiophene rings is 1. The van der Waals surface area contributed by atoms with Gasteiger partial charge in [-0.25, -0.2) is 8.78 Å². The van der Waals surface area contributed by atoms with Gasteiger partial charge in [-0.1, -0.05) is 18.2 Å². The minimum Gasteiger partial charge on any atom is -0.453 e. The molecule has 0 aliphatic carbocycles. The number of halogens is 2. The van der Waals surface area contributed by atoms with Crippen LogP contribution in [0.15, 0.2) is 79.1 Å². The van der Waals surface area contributed by atoms with Crippen LogP contribution in [0.1, 0.15) is 23.8 Å². The van der Waals surface area contributed by atoms with Crippen molar-refractivity contribution < 1.29 is 27.8 Å². The van der Waals surface area contributed by atoms with E-state index in [1.54, 1.807) is 24.5 Å². The Morgan fingerprint density at radius 1 is 1.00 bits per heavy atom. The van der Waals surface area contributed by atoms with Crippen molar-refractivity contribution in [1.29, 1.82) is 0 Å². The van der Waals surface area contributed by atoms with Gasteiger partial charge in [-0.2, -0.15) is 0 Å². The molecule has 1 saturated heterocycles. The molecule has 0 bridgehead atoms. The Morgan fingerprint density at radius 2 is 1.81 bits per heavy atom. The van der Waals surface area contributed by atoms with Gasteiger partial charge in [-0.05, 0) is 60.6 Å². The molecule has 0 unspecified atom stereocenters. The average molecular weight is 619 g/mol. The maximum atomic E-state index is 15.1. The van der Waals surface area contributed by atoms with Crippen molar-refractivity contribution in [3.05, 3.63) is 102 Å². The maximum Gasteiger partial charge on any atom is 0.230 e. The summed E-state index contributed by atoms with van der Waals surface area (Å²) in [4.78, 5) is 22.2. The first-order valence-corrected chi connectivity index (χ1v) is 14.5. The van der Waals surface area contributed by atoms with E-state index in [1.165, 1.54) is 47.7 Å². The molecular weight excluding hydrogens is 594 g/mol. The summed E-state index contributed by atoms with van der Waals surface area (Å²) in [5, 5.41) is 5.32. The van der Waals surface area contributed by atoms with Gasteiger partial charge < -0.3 is 24.8 Å². The number of fused-ring (bicyclic) bond motifs is 1. The van der Waals surface area contributed by atoms with Crippen LogP contribution in [0, 0.1) is 11.6 Å². The number of aromatic nitrogens is 2. The molecule has 0 saturated carbocycles. The Labute approximate surface area is 254 Å². The largest absolute Gasteiger partial charge is 0.453 e. The lowest BCUT2D eigenvalue weighted by Crippen LogP contribution is -2.35. The van der Waals surface area contributed by atoms with Crippen LogP contribution >= 0.6 is 23.6 Å². The molecule has 4 heterocycles. The number of hydrogen-bond acceptors (Lipinski definition) is 8. The molecule has 5 aromatic rings. The molecule has 218 valence electrons. The van der Waals surface area contributed by atoms with Gasteiger partial charge in [0.25, 0.3) is 0 Å². The first-order valence-electron chi connectivity index (χ1n) is 13.3. The summed E-state index contributed by atoms with van der Waals surface area (Å²) in [6.45, 7) is 1.31. The van der Waals surface area contributed by atoms with E-state index in [1.807, 2.05) is 18.2 Å². The number of nitrogens with one attached hydrogen (secondary N) is 2. The molecule has 0 atom stereocenters. The van der Waals surface area contributed by atoms with Crippen molar-refractivity contribution in [2.45, 2.75) is 19.1 Å². The number of carbonyl (C=O) groups excluding carboxylic acids is 1. The number of anilines is 1. The molecule has 2 N–H and O–H groups in total. The first-order chi connectivity index (χ1) is 20.9. The SMILES string of the molecule is O=C(Cc1ccc(F)cc1)NC(=S)Nc1ccc(Oc2ccnc3cc(-c4ccc(C5OCCCO5)cn4)sc23)c(F)c1. The lowest BCUT2D eigenvalue weighted by Gasteiger charge is -2.23. The number of ether oxygens (including phenoxy) is 3. The van der Waals surface area contributed by atoms with Gasteiger partial charge in [0.1, 0.15) is 11.6 Å². The minimum atomic E-state index is -0.628. The highest BCUT2D eigenvalue weighted by Crippen LogP contribution is 2.39. The molecule has 43 heavy (non-hydrogen) atoms. The van der Waals surface area contributed by atoms with Crippen LogP contribution in [0.2, 0.25) is 0 Å². The van der Waals surface area contributed by atoms with Gasteiger partial charge in [0.15, 0.2) is 23.0 Å². The molecule has 6 rings (SSSR count). The zero-order valence-electron chi connectivity index (χ0n) is 22.5. The molecule has 8 nitrogen and oxygen atoms in total. The van der Waals surface area contributed by atoms with Gasteiger partial charge in [0.2, 0.25) is 5.91 Å². The Kier molecular flexibility index (Phi) is 8.61. The zero-order valence-corrected chi connectivity index (χ0v) is 24.1. The zero-order chi connectivity index (χ0) is 29.8. The number of pyridine rings is 2. The fourth-order valence-electron chi connectivity index (χ4n) is 4.39. The second kappa shape index (κ2) is 12.9. The lowest BCUT2D eigenvalue weighted by atomic mass is 10.1. The molecule has 3 aromatic heterocycles. The van der Waals surface area contributed by atoms with E-state index in [0.717, 1.165) is 27.3 Å². The lowest BCUT2D eigenvalue weighted by molar-refractivity contribution is -0.183. The Morgan fingerprint density at radius 3 is 2.56 bits per heavy atom. The minimum absolute atomic E-state index is 0.00238. The summed E-state index contributed by atoms with van der Waals surface area (Å²) in [5.74, 6) is -0.944. The van der Waals surface area contributed by atoms with Gasteiger partial charge in [0.05, 0.1) is 40.4 Å². The number of rotatable bonds is 7. The molecule has 12 heteroatoms. The van der Waals surface area contributed by atoms with E-state index in [9.17, 15) is 9.18 Å². The number of hydrogen-bond donors (Lipinski definition) is 2. The number of nitrogens with zero attached hydrogens (tertiary/aromatic N) is 2. The van der Waals surface area contributed by atoms with Crippen LogP contribution in [0.3, 0.4) is 0 Å². The van der Waals surface area contributed by atoms with Gasteiger partial charge in [-0.3, -0.25) is 14.8 Å². The van der Waals surface area contributed by atoms with E-state index in [0.29, 0.717) is 35.7 Å². The van der Waals surface area contributed by atoms with Crippen LogP contribution < -0.4 is 15.4 Å². The average Bonchev–Trinajstić information content (AvgIpc) is 3.46. The van der Waals surface area contributed by atoms with E-state index in [2.05, 4.69) is 20.6 Å². The second-order valence-corrected chi connectivity index (χ2v) is 11.1. The molecule has 2 aromatic carbocycles. The summed E-state index contributed by atoms with van der Waals surface area (Å²) in [6.07, 6.45) is 3.83. The van der Waals surface area contributed by atoms with Gasteiger partial charge >= 0.3 is 0 Å². The number of benzene rings is 2. The topological polar surface area (TPSA) is 94.6 Å². The fourth-order valence-corrected chi connectivity index (χ4v) is 5.67. The highest BCUT2D eigenvalue weighted by atomic mass is 32.1. The van der Waals surface area contributed by atoms with E-state index >= 15 is 4.39 Å². The maximum absolute atomic E-state index is 15.1. The normalized spacial score (nSPS) is 13.5. The second-order valence-electron chi connectivity index (χ2n) is 9.59. The highest BCUT2D eigenvalue weighted by Gasteiger charge is 2.18. The number of carbonyl (C=O) groups is 1. The highest BCUT2D eigenvalue weighted by molar-refractivity contribution is 7.80. The van der Waals surface area contributed by atoms with Crippen molar-refractivity contribution in [1.82, 2.24) is 15.3 Å². The summed E-state index contributed by atoms with van der Waals surface area (Å²) >= 11 is 6.62. The standard InChI is InChI=1S/C31H24F2N4O4S2/c32-20-5-2-18(3-6-20)14-28(38)37-31(42)36-21-7-9-25(22(33)15-21)41-26-10-11-34-24-16-27(43-29(24)26)23-8-4-19(17-35-23)30-39-12-1-13-40-30/h2-11,15-17,30H,1,12-14H2,(H2,36,37,38,42). The molecule has 1 aliphatic rings. The predicted molar refractivity (Wildman–Crippen MR) is 163 cm³/mol. The quantitative estimate of drug-likeness (QED) is 0.190. The van der Waals surface area contributed by atoms with Crippen LogP contribution in [0.25, 0.3) is 20.8 Å². The summed E-state index contributed by atoms with van der Waals surface area (Å²) in [6, 6.07) is 17.3. The Hall–Kier alpha value is -4.36. The molecule has 0 radical (unpaired) electrons. The third-order valence-electron chi connectivity index (χ3n) is 6.45. The Bertz CT molecular complexity index is 1780. The predicted octanol–water partition coefficient (Wildman–Crippen LogP) is 6.92. The molecule has 1 aliphatic heterocycles. The molecule has 1 amide bonds. The monoisotopic (exact) mass is 618 g/mol. The van der Waals surface area contributed by atoms with E-state index < -0.39 is 12.1 Å². The van der Waals surface area contributed by atoms with Crippen LogP contribution in [-0.2, 0) is 20.7 Å². The van der Waals surface area contributed by atoms with Crippen molar-refractivity contribution in [3.63, 3.8) is 0 Å². The smallest absolute Gasteiger partial charge is 0.230 e. The summed E-state index contributed by atoms with van der Waals surface area (Å²) < 4.78 is 46.1. The van der Waals surface area contributed by atoms with Crippen molar-refractivity contribution >= 4 is 50.5 Å². The third-order valence-corrected chi connectivity index (χ3v) is 7.82. The summed E-state index contributed by atoms with van der Waals surface area (Å²) in [5.41, 5.74) is 3.27. The number of amides is 1. The summed E-state index contributed by atoms with van der Waals surface area (Å²) in [7, 11) is 0. The van der Waals surface area contributed by atoms with Crippen molar-refractivity contribution in [2.75, 3.05) is 18.5 Å². The first kappa shape index (κ1) is 28.7. The van der Waals surface area contributed by atoms with E-state index in [-0.39, 0.29) is 29.0 Å². The van der Waals surface area contributed by atoms with Gasteiger partial charge in [-0.15, -0.1) is 11.3 Å². The van der Waals surface area contributed by atoms with Gasteiger partial charge in [0, 0.05) is 35.8 Å².